The molecule has 174 valence electrons. The predicted octanol–water partition coefficient (Wildman–Crippen LogP) is 5.29. The minimum atomic E-state index is -0.796. The molecule has 1 fully saturated rings. The Bertz CT molecular complexity index is 1300. The molecule has 1 unspecified atom stereocenters. The van der Waals surface area contributed by atoms with Crippen molar-refractivity contribution in [2.75, 3.05) is 14.2 Å². The molecule has 4 rings (SSSR count). The summed E-state index contributed by atoms with van der Waals surface area (Å²) in [6.45, 7) is 2.08. The minimum Gasteiger partial charge on any atom is -0.507 e. The first-order valence-corrected chi connectivity index (χ1v) is 11.0. The molecule has 0 spiro atoms. The average molecular weight is 478 g/mol. The monoisotopic (exact) mass is 477 g/mol. The summed E-state index contributed by atoms with van der Waals surface area (Å²) >= 11 is 6.16. The van der Waals surface area contributed by atoms with Gasteiger partial charge in [0.15, 0.2) is 0 Å². The molecule has 0 bridgehead atoms. The fourth-order valence-corrected chi connectivity index (χ4v) is 4.38. The van der Waals surface area contributed by atoms with Gasteiger partial charge in [0.05, 0.1) is 31.4 Å². The molecule has 6 nitrogen and oxygen atoms in total. The number of methoxy groups -OCH3 is 2. The van der Waals surface area contributed by atoms with Crippen molar-refractivity contribution in [3.63, 3.8) is 0 Å². The lowest BCUT2D eigenvalue weighted by Crippen LogP contribution is -2.29. The molecule has 34 heavy (non-hydrogen) atoms. The third-order valence-corrected chi connectivity index (χ3v) is 6.04. The summed E-state index contributed by atoms with van der Waals surface area (Å²) in [4.78, 5) is 28.0. The first kappa shape index (κ1) is 23.4. The van der Waals surface area contributed by atoms with Gasteiger partial charge in [-0.2, -0.15) is 0 Å². The van der Waals surface area contributed by atoms with E-state index in [1.54, 1.807) is 25.3 Å². The second-order valence-corrected chi connectivity index (χ2v) is 8.47. The Morgan fingerprint density at radius 2 is 1.76 bits per heavy atom. The van der Waals surface area contributed by atoms with Crippen molar-refractivity contribution in [3.05, 3.63) is 99.6 Å². The number of aliphatic hydroxyl groups is 1. The number of likely N-dealkylation sites (tertiary alicyclic amines) is 1. The number of benzene rings is 3. The molecular weight excluding hydrogens is 454 g/mol. The van der Waals surface area contributed by atoms with Crippen LogP contribution < -0.4 is 9.47 Å². The Morgan fingerprint density at radius 1 is 1.00 bits per heavy atom. The molecule has 0 aromatic heterocycles. The Morgan fingerprint density at radius 3 is 2.47 bits per heavy atom. The van der Waals surface area contributed by atoms with Gasteiger partial charge in [0.2, 0.25) is 0 Å². The maximum Gasteiger partial charge on any atom is 0.295 e. The number of rotatable bonds is 6. The number of aliphatic hydroxyl groups excluding tert-OH is 1. The number of aryl methyl sites for hydroxylation is 1. The molecule has 0 saturated carbocycles. The van der Waals surface area contributed by atoms with Gasteiger partial charge >= 0.3 is 0 Å². The smallest absolute Gasteiger partial charge is 0.295 e. The lowest BCUT2D eigenvalue weighted by atomic mass is 9.94. The molecule has 3 aromatic carbocycles. The number of hydrogen-bond acceptors (Lipinski definition) is 5. The highest BCUT2D eigenvalue weighted by molar-refractivity contribution is 6.46. The molecule has 1 heterocycles. The highest BCUT2D eigenvalue weighted by Gasteiger charge is 2.46. The fraction of sp³-hybridized carbons (Fsp3) is 0.185. The first-order chi connectivity index (χ1) is 16.3. The van der Waals surface area contributed by atoms with E-state index in [-0.39, 0.29) is 23.4 Å². The quantitative estimate of drug-likeness (QED) is 0.296. The fourth-order valence-electron chi connectivity index (χ4n) is 4.21. The van der Waals surface area contributed by atoms with E-state index < -0.39 is 17.7 Å². The van der Waals surface area contributed by atoms with Crippen LogP contribution in [-0.2, 0) is 16.1 Å². The van der Waals surface area contributed by atoms with Crippen LogP contribution in [0.2, 0.25) is 5.02 Å². The third-order valence-electron chi connectivity index (χ3n) is 5.80. The van der Waals surface area contributed by atoms with Crippen LogP contribution in [0.1, 0.15) is 28.3 Å². The van der Waals surface area contributed by atoms with Gasteiger partial charge in [-0.25, -0.2) is 0 Å². The van der Waals surface area contributed by atoms with Crippen LogP contribution in [0.5, 0.6) is 11.5 Å². The molecule has 7 heteroatoms. The Balaban J connectivity index is 1.90. The van der Waals surface area contributed by atoms with Crippen LogP contribution in [0, 0.1) is 6.92 Å². The highest BCUT2D eigenvalue weighted by Crippen LogP contribution is 2.42. The van der Waals surface area contributed by atoms with Gasteiger partial charge in [-0.1, -0.05) is 53.6 Å². The van der Waals surface area contributed by atoms with Crippen LogP contribution in [0.4, 0.5) is 0 Å². The highest BCUT2D eigenvalue weighted by atomic mass is 35.5. The average Bonchev–Trinajstić information content (AvgIpc) is 3.08. The molecule has 1 N–H and O–H groups in total. The molecular formula is C27H24ClNO5. The van der Waals surface area contributed by atoms with Crippen LogP contribution >= 0.6 is 11.6 Å². The second-order valence-electron chi connectivity index (χ2n) is 8.04. The summed E-state index contributed by atoms with van der Waals surface area (Å²) in [5.41, 5.74) is 2.69. The van der Waals surface area contributed by atoms with E-state index in [0.29, 0.717) is 22.1 Å². The number of carbonyl (C=O) groups is 2. The van der Waals surface area contributed by atoms with Gasteiger partial charge in [0, 0.05) is 11.6 Å². The van der Waals surface area contributed by atoms with E-state index in [2.05, 4.69) is 0 Å². The Kier molecular flexibility index (Phi) is 6.61. The van der Waals surface area contributed by atoms with Gasteiger partial charge in [-0.3, -0.25) is 9.59 Å². The standard InChI is InChI=1S/C27H24ClNO5/c1-16-6-4-8-18(12-16)24-23(25(30)21-14-19(28)10-11-22(21)34-3)26(31)27(32)29(24)15-17-7-5-9-20(13-17)33-2/h4-14,24,30H,15H2,1-3H3/b25-23+. The molecule has 0 aliphatic carbocycles. The zero-order valence-electron chi connectivity index (χ0n) is 19.0. The molecule has 1 atom stereocenters. The predicted molar refractivity (Wildman–Crippen MR) is 130 cm³/mol. The van der Waals surface area contributed by atoms with E-state index in [4.69, 9.17) is 21.1 Å². The summed E-state index contributed by atoms with van der Waals surface area (Å²) in [6, 6.07) is 18.8. The van der Waals surface area contributed by atoms with Crippen LogP contribution in [0.15, 0.2) is 72.3 Å². The van der Waals surface area contributed by atoms with E-state index in [0.717, 1.165) is 11.1 Å². The number of carbonyl (C=O) groups excluding carboxylic acids is 2. The van der Waals surface area contributed by atoms with E-state index in [9.17, 15) is 14.7 Å². The number of ether oxygens (including phenoxy) is 2. The van der Waals surface area contributed by atoms with Gasteiger partial charge < -0.3 is 19.5 Å². The number of Topliss-reactive ketones (excluding diaryl/α,β-unsaturated/α-hetero) is 1. The molecule has 1 aliphatic rings. The third kappa shape index (κ3) is 4.37. The van der Waals surface area contributed by atoms with Crippen LogP contribution in [-0.4, -0.2) is 35.9 Å². The van der Waals surface area contributed by atoms with Crippen molar-refractivity contribution in [1.29, 1.82) is 0 Å². The number of ketones is 1. The van der Waals surface area contributed by atoms with E-state index >= 15 is 0 Å². The number of amides is 1. The van der Waals surface area contributed by atoms with Crippen molar-refractivity contribution in [1.82, 2.24) is 4.90 Å². The maximum atomic E-state index is 13.3. The molecule has 0 radical (unpaired) electrons. The van der Waals surface area contributed by atoms with Crippen LogP contribution in [0.3, 0.4) is 0 Å². The summed E-state index contributed by atoms with van der Waals surface area (Å²) in [7, 11) is 3.02. The summed E-state index contributed by atoms with van der Waals surface area (Å²) < 4.78 is 10.7. The van der Waals surface area contributed by atoms with Crippen molar-refractivity contribution in [2.45, 2.75) is 19.5 Å². The largest absolute Gasteiger partial charge is 0.507 e. The van der Waals surface area contributed by atoms with Gasteiger partial charge in [-0.05, 0) is 48.4 Å². The number of hydrogen-bond donors (Lipinski definition) is 1. The van der Waals surface area contributed by atoms with Gasteiger partial charge in [0.25, 0.3) is 11.7 Å². The van der Waals surface area contributed by atoms with E-state index in [1.807, 2.05) is 49.4 Å². The summed E-state index contributed by atoms with van der Waals surface area (Å²) in [6.07, 6.45) is 0. The van der Waals surface area contributed by atoms with Crippen molar-refractivity contribution in [2.24, 2.45) is 0 Å². The van der Waals surface area contributed by atoms with Crippen molar-refractivity contribution < 1.29 is 24.2 Å². The minimum absolute atomic E-state index is 0.0148. The molecule has 1 saturated heterocycles. The topological polar surface area (TPSA) is 76.1 Å². The van der Waals surface area contributed by atoms with Crippen molar-refractivity contribution >= 4 is 29.1 Å². The van der Waals surface area contributed by atoms with E-state index in [1.165, 1.54) is 18.1 Å². The zero-order valence-corrected chi connectivity index (χ0v) is 19.8. The lowest BCUT2D eigenvalue weighted by molar-refractivity contribution is -0.140. The zero-order chi connectivity index (χ0) is 24.4. The van der Waals surface area contributed by atoms with Crippen molar-refractivity contribution in [3.8, 4) is 11.5 Å². The summed E-state index contributed by atoms with van der Waals surface area (Å²) in [5.74, 6) is -0.822. The second kappa shape index (κ2) is 9.61. The Hall–Kier alpha value is -3.77. The van der Waals surface area contributed by atoms with Crippen LogP contribution in [0.25, 0.3) is 5.76 Å². The van der Waals surface area contributed by atoms with Gasteiger partial charge in [-0.15, -0.1) is 0 Å². The number of halogens is 1. The molecule has 1 amide bonds. The maximum absolute atomic E-state index is 13.3. The number of nitrogens with zero attached hydrogens (tertiary/aromatic N) is 1. The normalized spacial score (nSPS) is 17.2. The molecule has 1 aliphatic heterocycles. The molecule has 3 aromatic rings. The lowest BCUT2D eigenvalue weighted by Gasteiger charge is -2.26. The van der Waals surface area contributed by atoms with Gasteiger partial charge in [0.1, 0.15) is 17.3 Å². The Labute approximate surface area is 203 Å². The first-order valence-electron chi connectivity index (χ1n) is 10.7. The SMILES string of the molecule is COc1cccc(CN2C(=O)C(=O)/C(=C(/O)c3cc(Cl)ccc3OC)C2c2cccc(C)c2)c1. The summed E-state index contributed by atoms with van der Waals surface area (Å²) in [5, 5.41) is 11.7.